The van der Waals surface area contributed by atoms with Gasteiger partial charge in [0.1, 0.15) is 11.3 Å². The van der Waals surface area contributed by atoms with Gasteiger partial charge in [-0.25, -0.2) is 0 Å². The van der Waals surface area contributed by atoms with Gasteiger partial charge >= 0.3 is 0 Å². The maximum atomic E-state index is 12.9. The van der Waals surface area contributed by atoms with Gasteiger partial charge in [0.05, 0.1) is 5.52 Å². The summed E-state index contributed by atoms with van der Waals surface area (Å²) in [7, 11) is 0. The molecule has 6 heteroatoms. The number of para-hydroxylation sites is 1. The highest BCUT2D eigenvalue weighted by Gasteiger charge is 2.29. The topological polar surface area (TPSA) is 97.3 Å². The summed E-state index contributed by atoms with van der Waals surface area (Å²) in [5.41, 5.74) is 7.70. The number of aromatic nitrogens is 1. The smallest absolute Gasteiger partial charge is 0.268 e. The molecule has 0 saturated carbocycles. The van der Waals surface area contributed by atoms with Gasteiger partial charge < -0.3 is 20.7 Å². The first-order valence-corrected chi connectivity index (χ1v) is 8.03. The monoisotopic (exact) mass is 335 g/mol. The number of hydrogen-bond donors (Lipinski definition) is 3. The molecule has 4 rings (SSSR count). The predicted molar refractivity (Wildman–Crippen MR) is 97.1 cm³/mol. The van der Waals surface area contributed by atoms with E-state index < -0.39 is 11.5 Å². The van der Waals surface area contributed by atoms with Crippen molar-refractivity contribution in [2.75, 3.05) is 11.1 Å². The summed E-state index contributed by atoms with van der Waals surface area (Å²) in [5.74, 6) is -0.914. The number of carbonyl (C=O) groups is 1. The van der Waals surface area contributed by atoms with Gasteiger partial charge in [-0.3, -0.25) is 9.59 Å². The lowest BCUT2D eigenvalue weighted by atomic mass is 10.1. The quantitative estimate of drug-likeness (QED) is 0.627. The minimum Gasteiger partial charge on any atom is -0.506 e. The van der Waals surface area contributed by atoms with Crippen molar-refractivity contribution in [3.63, 3.8) is 0 Å². The molecule has 126 valence electrons. The Morgan fingerprint density at radius 3 is 2.68 bits per heavy atom. The first-order valence-electron chi connectivity index (χ1n) is 8.03. The summed E-state index contributed by atoms with van der Waals surface area (Å²) < 4.78 is 1.60. The predicted octanol–water partition coefficient (Wildman–Crippen LogP) is 2.66. The van der Waals surface area contributed by atoms with Crippen LogP contribution in [0.1, 0.15) is 28.9 Å². The van der Waals surface area contributed by atoms with Crippen molar-refractivity contribution >= 4 is 28.2 Å². The van der Waals surface area contributed by atoms with Crippen molar-refractivity contribution in [3.8, 4) is 5.75 Å². The second-order valence-electron chi connectivity index (χ2n) is 6.34. The second kappa shape index (κ2) is 5.37. The molecule has 4 N–H and O–H groups in total. The fourth-order valence-electron chi connectivity index (χ4n) is 3.48. The Hall–Kier alpha value is -3.28. The second-order valence-corrected chi connectivity index (χ2v) is 6.34. The lowest BCUT2D eigenvalue weighted by Crippen LogP contribution is -2.30. The standard InChI is InChI=1S/C19H17N3O3/c1-10-9-11-3-2-4-14-16(11)22(10)19(25)15(17(14)23)18(24)21-13-7-5-12(20)6-8-13/h2-8,10,23H,9,20H2,1H3,(H,21,24)/t10-/m0/s1. The SMILES string of the molecule is C[C@H]1Cc2cccc3c(O)c(C(=O)Nc4ccc(N)cc4)c(=O)n1c23. The molecule has 2 aromatic carbocycles. The molecule has 25 heavy (non-hydrogen) atoms. The molecule has 2 heterocycles. The number of nitrogens with one attached hydrogen (secondary N) is 1. The Bertz CT molecular complexity index is 1070. The maximum Gasteiger partial charge on any atom is 0.268 e. The third-order valence-corrected chi connectivity index (χ3v) is 4.64. The van der Waals surface area contributed by atoms with E-state index in [9.17, 15) is 14.7 Å². The average molecular weight is 335 g/mol. The van der Waals surface area contributed by atoms with Crippen molar-refractivity contribution in [2.24, 2.45) is 0 Å². The molecule has 0 bridgehead atoms. The van der Waals surface area contributed by atoms with E-state index in [-0.39, 0.29) is 17.4 Å². The van der Waals surface area contributed by atoms with Gasteiger partial charge in [0.15, 0.2) is 0 Å². The van der Waals surface area contributed by atoms with Crippen LogP contribution in [0.5, 0.6) is 5.75 Å². The van der Waals surface area contributed by atoms with Gasteiger partial charge in [0.25, 0.3) is 11.5 Å². The van der Waals surface area contributed by atoms with Crippen LogP contribution in [0, 0.1) is 0 Å². The van der Waals surface area contributed by atoms with Gasteiger partial charge in [0, 0.05) is 22.8 Å². The van der Waals surface area contributed by atoms with E-state index in [1.165, 1.54) is 0 Å². The molecular weight excluding hydrogens is 318 g/mol. The molecule has 1 amide bonds. The molecule has 1 aliphatic rings. The van der Waals surface area contributed by atoms with Gasteiger partial charge in [-0.1, -0.05) is 12.1 Å². The van der Waals surface area contributed by atoms with E-state index >= 15 is 0 Å². The van der Waals surface area contributed by atoms with Crippen molar-refractivity contribution in [1.29, 1.82) is 0 Å². The number of amides is 1. The van der Waals surface area contributed by atoms with Crippen LogP contribution in [-0.4, -0.2) is 15.6 Å². The zero-order chi connectivity index (χ0) is 17.7. The highest BCUT2D eigenvalue weighted by molar-refractivity contribution is 6.09. The number of nitrogens with zero attached hydrogens (tertiary/aromatic N) is 1. The molecule has 0 unspecified atom stereocenters. The molecule has 0 saturated heterocycles. The zero-order valence-electron chi connectivity index (χ0n) is 13.6. The van der Waals surface area contributed by atoms with Crippen molar-refractivity contribution < 1.29 is 9.90 Å². The molecule has 0 spiro atoms. The van der Waals surface area contributed by atoms with Crippen molar-refractivity contribution in [3.05, 3.63) is 63.9 Å². The molecule has 1 aliphatic heterocycles. The molecule has 6 nitrogen and oxygen atoms in total. The number of nitrogen functional groups attached to an aromatic ring is 1. The van der Waals surface area contributed by atoms with Gasteiger partial charge in [-0.05, 0) is 49.2 Å². The minimum atomic E-state index is -0.637. The summed E-state index contributed by atoms with van der Waals surface area (Å²) in [6.45, 7) is 1.93. The summed E-state index contributed by atoms with van der Waals surface area (Å²) in [4.78, 5) is 25.5. The molecule has 1 aromatic heterocycles. The molecule has 1 atom stereocenters. The summed E-state index contributed by atoms with van der Waals surface area (Å²) >= 11 is 0. The molecule has 0 fully saturated rings. The first-order chi connectivity index (χ1) is 12.0. The lowest BCUT2D eigenvalue weighted by Gasteiger charge is -2.14. The summed E-state index contributed by atoms with van der Waals surface area (Å²) in [5, 5.41) is 13.8. The Morgan fingerprint density at radius 2 is 1.96 bits per heavy atom. The maximum absolute atomic E-state index is 12.9. The van der Waals surface area contributed by atoms with Crippen LogP contribution < -0.4 is 16.6 Å². The highest BCUT2D eigenvalue weighted by Crippen LogP contribution is 2.36. The number of aromatic hydroxyl groups is 1. The number of rotatable bonds is 2. The van der Waals surface area contributed by atoms with Crippen LogP contribution in [0.25, 0.3) is 10.9 Å². The number of hydrogen-bond acceptors (Lipinski definition) is 4. The third-order valence-electron chi connectivity index (χ3n) is 4.64. The van der Waals surface area contributed by atoms with Gasteiger partial charge in [-0.15, -0.1) is 0 Å². The zero-order valence-corrected chi connectivity index (χ0v) is 13.6. The average Bonchev–Trinajstić information content (AvgIpc) is 2.92. The molecule has 0 radical (unpaired) electrons. The third kappa shape index (κ3) is 2.26. The molecule has 3 aromatic rings. The number of benzene rings is 2. The van der Waals surface area contributed by atoms with Crippen LogP contribution in [0.15, 0.2) is 47.3 Å². The van der Waals surface area contributed by atoms with Crippen LogP contribution in [-0.2, 0) is 6.42 Å². The number of pyridine rings is 1. The van der Waals surface area contributed by atoms with Crippen LogP contribution in [0.3, 0.4) is 0 Å². The van der Waals surface area contributed by atoms with Crippen LogP contribution in [0.4, 0.5) is 11.4 Å². The Kier molecular flexibility index (Phi) is 3.28. The van der Waals surface area contributed by atoms with E-state index in [1.807, 2.05) is 19.1 Å². The Balaban J connectivity index is 1.87. The van der Waals surface area contributed by atoms with E-state index in [2.05, 4.69) is 5.32 Å². The van der Waals surface area contributed by atoms with Crippen LogP contribution >= 0.6 is 0 Å². The Morgan fingerprint density at radius 1 is 1.24 bits per heavy atom. The fraction of sp³-hybridized carbons (Fsp3) is 0.158. The van der Waals surface area contributed by atoms with Crippen LogP contribution in [0.2, 0.25) is 0 Å². The lowest BCUT2D eigenvalue weighted by molar-refractivity contribution is 0.102. The number of nitrogens with two attached hydrogens (primary N) is 1. The fourth-order valence-corrected chi connectivity index (χ4v) is 3.48. The van der Waals surface area contributed by atoms with Crippen molar-refractivity contribution in [1.82, 2.24) is 4.57 Å². The van der Waals surface area contributed by atoms with Gasteiger partial charge in [-0.2, -0.15) is 0 Å². The van der Waals surface area contributed by atoms with E-state index in [4.69, 9.17) is 5.73 Å². The number of anilines is 2. The highest BCUT2D eigenvalue weighted by atomic mass is 16.3. The largest absolute Gasteiger partial charge is 0.506 e. The van der Waals surface area contributed by atoms with Crippen molar-refractivity contribution in [2.45, 2.75) is 19.4 Å². The van der Waals surface area contributed by atoms with E-state index in [0.717, 1.165) is 5.56 Å². The Labute approximate surface area is 143 Å². The van der Waals surface area contributed by atoms with Gasteiger partial charge in [0.2, 0.25) is 0 Å². The molecule has 0 aliphatic carbocycles. The minimum absolute atomic E-state index is 0.0592. The normalized spacial score (nSPS) is 15.5. The molecular formula is C19H17N3O3. The van der Waals surface area contributed by atoms with E-state index in [1.54, 1.807) is 34.9 Å². The van der Waals surface area contributed by atoms with E-state index in [0.29, 0.717) is 28.7 Å². The number of carbonyl (C=O) groups excluding carboxylic acids is 1. The summed E-state index contributed by atoms with van der Waals surface area (Å²) in [6, 6.07) is 12.0. The summed E-state index contributed by atoms with van der Waals surface area (Å²) in [6.07, 6.45) is 0.703. The first kappa shape index (κ1) is 15.3.